The molecule has 1 fully saturated rings. The molecule has 0 amide bonds. The zero-order chi connectivity index (χ0) is 17.1. The Morgan fingerprint density at radius 2 is 1.72 bits per heavy atom. The molecule has 1 aliphatic rings. The maximum absolute atomic E-state index is 11.7. The molecule has 0 bridgehead atoms. The monoisotopic (exact) mass is 335 g/mol. The van der Waals surface area contributed by atoms with Gasteiger partial charge in [0.15, 0.2) is 0 Å². The summed E-state index contributed by atoms with van der Waals surface area (Å²) in [5.74, 6) is 0. The summed E-state index contributed by atoms with van der Waals surface area (Å²) in [7, 11) is 0. The highest BCUT2D eigenvalue weighted by Crippen LogP contribution is 2.25. The molecule has 25 heavy (non-hydrogen) atoms. The lowest BCUT2D eigenvalue weighted by molar-refractivity contribution is 0.243. The summed E-state index contributed by atoms with van der Waals surface area (Å²) in [6, 6.07) is 13.6. The molecule has 0 N–H and O–H groups in total. The molecule has 4 rings (SSSR count). The smallest absolute Gasteiger partial charge is 0.266 e. The van der Waals surface area contributed by atoms with Gasteiger partial charge in [0.1, 0.15) is 0 Å². The molecular weight excluding hydrogens is 314 g/mol. The van der Waals surface area contributed by atoms with Gasteiger partial charge in [-0.2, -0.15) is 5.10 Å². The van der Waals surface area contributed by atoms with Gasteiger partial charge in [-0.15, -0.1) is 0 Å². The molecule has 2 aromatic heterocycles. The van der Waals surface area contributed by atoms with Crippen molar-refractivity contribution < 1.29 is 0 Å². The number of piperazine rings is 1. The van der Waals surface area contributed by atoms with E-state index in [1.54, 1.807) is 18.3 Å². The molecule has 0 saturated carbocycles. The quantitative estimate of drug-likeness (QED) is 0.725. The lowest BCUT2D eigenvalue weighted by atomic mass is 10.1. The highest BCUT2D eigenvalue weighted by atomic mass is 16.1. The maximum Gasteiger partial charge on any atom is 0.266 e. The maximum atomic E-state index is 11.7. The molecule has 0 atom stereocenters. The van der Waals surface area contributed by atoms with Gasteiger partial charge in [0, 0.05) is 62.3 Å². The fourth-order valence-electron chi connectivity index (χ4n) is 3.36. The number of rotatable bonds is 4. The van der Waals surface area contributed by atoms with Crippen molar-refractivity contribution in [3.05, 3.63) is 65.2 Å². The van der Waals surface area contributed by atoms with E-state index in [4.69, 9.17) is 0 Å². The number of hydrogen-bond donors (Lipinski definition) is 0. The summed E-state index contributed by atoms with van der Waals surface area (Å²) in [6.45, 7) is 5.41. The molecule has 1 aromatic carbocycles. The topological polar surface area (TPSA) is 54.3 Å². The summed E-state index contributed by atoms with van der Waals surface area (Å²) in [6.07, 6.45) is 3.55. The number of anilines is 1. The van der Waals surface area contributed by atoms with E-state index in [1.807, 2.05) is 12.3 Å². The van der Waals surface area contributed by atoms with Crippen molar-refractivity contribution in [2.24, 2.45) is 0 Å². The SMILES string of the molecule is O=c1cccnn1CCN1CCN(c2ccnc3ccccc23)CC1. The standard InChI is InChI=1S/C19H21N5O/c25-19-6-3-8-21-24(19)15-12-22-10-13-23(14-11-22)18-7-9-20-17-5-2-1-4-16(17)18/h1-9H,10-15H2. The molecule has 0 aliphatic carbocycles. The zero-order valence-electron chi connectivity index (χ0n) is 14.1. The largest absolute Gasteiger partial charge is 0.368 e. The van der Waals surface area contributed by atoms with Crippen LogP contribution in [0.2, 0.25) is 0 Å². The minimum absolute atomic E-state index is 0.0376. The van der Waals surface area contributed by atoms with Crippen LogP contribution in [0.4, 0.5) is 5.69 Å². The molecule has 3 aromatic rings. The van der Waals surface area contributed by atoms with E-state index in [2.05, 4.69) is 44.1 Å². The van der Waals surface area contributed by atoms with E-state index in [0.29, 0.717) is 6.54 Å². The van der Waals surface area contributed by atoms with Crippen LogP contribution < -0.4 is 10.5 Å². The zero-order valence-corrected chi connectivity index (χ0v) is 14.1. The van der Waals surface area contributed by atoms with Crippen molar-refractivity contribution in [3.8, 4) is 0 Å². The number of pyridine rings is 1. The minimum Gasteiger partial charge on any atom is -0.368 e. The predicted molar refractivity (Wildman–Crippen MR) is 98.9 cm³/mol. The van der Waals surface area contributed by atoms with Gasteiger partial charge < -0.3 is 4.90 Å². The van der Waals surface area contributed by atoms with Crippen molar-refractivity contribution in [1.82, 2.24) is 19.7 Å². The Kier molecular flexibility index (Phi) is 4.43. The molecule has 1 saturated heterocycles. The Balaban J connectivity index is 1.40. The molecule has 3 heterocycles. The van der Waals surface area contributed by atoms with Gasteiger partial charge in [-0.3, -0.25) is 14.7 Å². The third-order valence-corrected chi connectivity index (χ3v) is 4.75. The Labute approximate surface area is 146 Å². The van der Waals surface area contributed by atoms with Gasteiger partial charge in [0.2, 0.25) is 0 Å². The Hall–Kier alpha value is -2.73. The van der Waals surface area contributed by atoms with Crippen LogP contribution in [0, 0.1) is 0 Å². The van der Waals surface area contributed by atoms with Crippen LogP contribution in [-0.2, 0) is 6.54 Å². The number of aromatic nitrogens is 3. The average Bonchev–Trinajstić information content (AvgIpc) is 2.67. The summed E-state index contributed by atoms with van der Waals surface area (Å²) in [5.41, 5.74) is 2.26. The van der Waals surface area contributed by atoms with E-state index in [-0.39, 0.29) is 5.56 Å². The van der Waals surface area contributed by atoms with Gasteiger partial charge >= 0.3 is 0 Å². The average molecular weight is 335 g/mol. The first kappa shape index (κ1) is 15.8. The van der Waals surface area contributed by atoms with E-state index < -0.39 is 0 Å². The van der Waals surface area contributed by atoms with Gasteiger partial charge in [0.25, 0.3) is 5.56 Å². The third kappa shape index (κ3) is 3.39. The Morgan fingerprint density at radius 3 is 2.56 bits per heavy atom. The molecule has 1 aliphatic heterocycles. The number of hydrogen-bond acceptors (Lipinski definition) is 5. The molecule has 0 unspecified atom stereocenters. The first-order valence-corrected chi connectivity index (χ1v) is 8.64. The van der Waals surface area contributed by atoms with Crippen LogP contribution in [0.1, 0.15) is 0 Å². The van der Waals surface area contributed by atoms with Crippen molar-refractivity contribution >= 4 is 16.6 Å². The van der Waals surface area contributed by atoms with Crippen LogP contribution in [-0.4, -0.2) is 52.4 Å². The molecule has 0 radical (unpaired) electrons. The summed E-state index contributed by atoms with van der Waals surface area (Å²) < 4.78 is 1.53. The van der Waals surface area contributed by atoms with Gasteiger partial charge in [-0.1, -0.05) is 18.2 Å². The number of nitrogens with zero attached hydrogens (tertiary/aromatic N) is 5. The first-order valence-electron chi connectivity index (χ1n) is 8.64. The Bertz CT molecular complexity index is 909. The Morgan fingerprint density at radius 1 is 0.880 bits per heavy atom. The normalized spacial score (nSPS) is 15.6. The van der Waals surface area contributed by atoms with E-state index in [0.717, 1.165) is 38.2 Å². The lowest BCUT2D eigenvalue weighted by Gasteiger charge is -2.36. The van der Waals surface area contributed by atoms with Crippen LogP contribution in [0.15, 0.2) is 59.7 Å². The van der Waals surface area contributed by atoms with E-state index >= 15 is 0 Å². The van der Waals surface area contributed by atoms with Crippen molar-refractivity contribution in [1.29, 1.82) is 0 Å². The first-order chi connectivity index (χ1) is 12.3. The third-order valence-electron chi connectivity index (χ3n) is 4.75. The van der Waals surface area contributed by atoms with E-state index in [9.17, 15) is 4.79 Å². The molecular formula is C19H21N5O. The summed E-state index contributed by atoms with van der Waals surface area (Å²) in [4.78, 5) is 21.0. The van der Waals surface area contributed by atoms with Crippen LogP contribution in [0.25, 0.3) is 10.9 Å². The fourth-order valence-corrected chi connectivity index (χ4v) is 3.36. The number of fused-ring (bicyclic) bond motifs is 1. The lowest BCUT2D eigenvalue weighted by Crippen LogP contribution is -2.47. The number of benzene rings is 1. The van der Waals surface area contributed by atoms with Crippen LogP contribution in [0.3, 0.4) is 0 Å². The summed E-state index contributed by atoms with van der Waals surface area (Å²) >= 11 is 0. The van der Waals surface area contributed by atoms with Crippen LogP contribution in [0.5, 0.6) is 0 Å². The predicted octanol–water partition coefficient (Wildman–Crippen LogP) is 1.61. The second-order valence-corrected chi connectivity index (χ2v) is 6.26. The van der Waals surface area contributed by atoms with Gasteiger partial charge in [-0.05, 0) is 18.2 Å². The van der Waals surface area contributed by atoms with Crippen molar-refractivity contribution in [2.45, 2.75) is 6.54 Å². The van der Waals surface area contributed by atoms with Gasteiger partial charge in [-0.25, -0.2) is 4.68 Å². The second kappa shape index (κ2) is 7.03. The number of para-hydroxylation sites is 1. The molecule has 0 spiro atoms. The van der Waals surface area contributed by atoms with Crippen molar-refractivity contribution in [3.63, 3.8) is 0 Å². The van der Waals surface area contributed by atoms with Crippen LogP contribution >= 0.6 is 0 Å². The second-order valence-electron chi connectivity index (χ2n) is 6.26. The molecule has 128 valence electrons. The highest BCUT2D eigenvalue weighted by Gasteiger charge is 2.18. The fraction of sp³-hybridized carbons (Fsp3) is 0.316. The molecule has 6 heteroatoms. The highest BCUT2D eigenvalue weighted by molar-refractivity contribution is 5.91. The molecule has 6 nitrogen and oxygen atoms in total. The van der Waals surface area contributed by atoms with Crippen molar-refractivity contribution in [2.75, 3.05) is 37.6 Å². The summed E-state index contributed by atoms with van der Waals surface area (Å²) in [5, 5.41) is 5.33. The van der Waals surface area contributed by atoms with E-state index in [1.165, 1.54) is 15.8 Å². The van der Waals surface area contributed by atoms with Gasteiger partial charge in [0.05, 0.1) is 12.1 Å². The minimum atomic E-state index is -0.0376.